The zero-order valence-electron chi connectivity index (χ0n) is 9.64. The topological polar surface area (TPSA) is 63.2 Å². The second-order valence-corrected chi connectivity index (χ2v) is 6.63. The molecule has 0 aromatic heterocycles. The highest BCUT2D eigenvalue weighted by molar-refractivity contribution is 7.91. The van der Waals surface area contributed by atoms with Gasteiger partial charge in [0.05, 0.1) is 17.4 Å². The van der Waals surface area contributed by atoms with Gasteiger partial charge in [-0.25, -0.2) is 8.42 Å². The van der Waals surface area contributed by atoms with Crippen molar-refractivity contribution in [2.24, 2.45) is 5.92 Å². The Morgan fingerprint density at radius 3 is 2.65 bits per heavy atom. The Morgan fingerprint density at radius 2 is 2.06 bits per heavy atom. The molecule has 0 aliphatic carbocycles. The molecule has 1 saturated heterocycles. The summed E-state index contributed by atoms with van der Waals surface area (Å²) >= 11 is 0. The van der Waals surface area contributed by atoms with Crippen LogP contribution in [0.15, 0.2) is 24.3 Å². The van der Waals surface area contributed by atoms with Crippen LogP contribution >= 0.6 is 0 Å². The van der Waals surface area contributed by atoms with E-state index in [4.69, 9.17) is 0 Å². The van der Waals surface area contributed by atoms with Crippen molar-refractivity contribution >= 4 is 21.4 Å². The molecule has 5 heteroatoms. The molecule has 1 aliphatic rings. The minimum Gasteiger partial charge on any atom is -0.326 e. The maximum absolute atomic E-state index is 11.9. The maximum atomic E-state index is 11.9. The molecule has 0 spiro atoms. The molecule has 92 valence electrons. The molecule has 1 fully saturated rings. The lowest BCUT2D eigenvalue weighted by Crippen LogP contribution is -2.24. The first-order valence-electron chi connectivity index (χ1n) is 5.55. The van der Waals surface area contributed by atoms with Crippen LogP contribution in [0.1, 0.15) is 12.0 Å². The number of hydrogen-bond acceptors (Lipinski definition) is 3. The molecule has 2 rings (SSSR count). The molecule has 1 atom stereocenters. The van der Waals surface area contributed by atoms with Crippen LogP contribution in [0.4, 0.5) is 5.69 Å². The molecule has 4 nitrogen and oxygen atoms in total. The SMILES string of the molecule is Cc1ccccc1NC(=O)[C@H]1CCS(=O)(=O)C1. The average Bonchev–Trinajstić information content (AvgIpc) is 2.62. The first-order chi connectivity index (χ1) is 7.98. The highest BCUT2D eigenvalue weighted by Crippen LogP contribution is 2.21. The van der Waals surface area contributed by atoms with Gasteiger partial charge in [-0.2, -0.15) is 0 Å². The number of anilines is 1. The van der Waals surface area contributed by atoms with Crippen molar-refractivity contribution in [2.45, 2.75) is 13.3 Å². The number of rotatable bonds is 2. The van der Waals surface area contributed by atoms with Gasteiger partial charge in [0, 0.05) is 5.69 Å². The van der Waals surface area contributed by atoms with Gasteiger partial charge in [0.1, 0.15) is 0 Å². The van der Waals surface area contributed by atoms with Gasteiger partial charge in [0.2, 0.25) is 5.91 Å². The fraction of sp³-hybridized carbons (Fsp3) is 0.417. The van der Waals surface area contributed by atoms with Crippen molar-refractivity contribution in [1.29, 1.82) is 0 Å². The predicted octanol–water partition coefficient (Wildman–Crippen LogP) is 1.37. The zero-order valence-corrected chi connectivity index (χ0v) is 10.5. The van der Waals surface area contributed by atoms with E-state index < -0.39 is 15.8 Å². The minimum absolute atomic E-state index is 0.0231. The Labute approximate surface area is 101 Å². The summed E-state index contributed by atoms with van der Waals surface area (Å²) < 4.78 is 22.6. The molecule has 0 radical (unpaired) electrons. The third-order valence-corrected chi connectivity index (χ3v) is 4.77. The number of hydrogen-bond donors (Lipinski definition) is 1. The van der Waals surface area contributed by atoms with Crippen molar-refractivity contribution < 1.29 is 13.2 Å². The van der Waals surface area contributed by atoms with Gasteiger partial charge in [-0.1, -0.05) is 18.2 Å². The quantitative estimate of drug-likeness (QED) is 0.865. The summed E-state index contributed by atoms with van der Waals surface area (Å²) in [5, 5.41) is 2.79. The Morgan fingerprint density at radius 1 is 1.35 bits per heavy atom. The largest absolute Gasteiger partial charge is 0.326 e. The van der Waals surface area contributed by atoms with E-state index in [1.807, 2.05) is 31.2 Å². The van der Waals surface area contributed by atoms with Crippen LogP contribution in [-0.4, -0.2) is 25.8 Å². The molecule has 1 amide bonds. The number of carbonyl (C=O) groups is 1. The molecule has 17 heavy (non-hydrogen) atoms. The number of carbonyl (C=O) groups excluding carboxylic acids is 1. The number of amides is 1. The highest BCUT2D eigenvalue weighted by atomic mass is 32.2. The van der Waals surface area contributed by atoms with Gasteiger partial charge in [-0.3, -0.25) is 4.79 Å². The normalized spacial score (nSPS) is 22.3. The van der Waals surface area contributed by atoms with Crippen molar-refractivity contribution in [3.05, 3.63) is 29.8 Å². The third-order valence-electron chi connectivity index (χ3n) is 3.01. The molecular weight excluding hydrogens is 238 g/mol. The Bertz CT molecular complexity index is 536. The summed E-state index contributed by atoms with van der Waals surface area (Å²) in [6.07, 6.45) is 0.431. The van der Waals surface area contributed by atoms with Crippen molar-refractivity contribution in [3.8, 4) is 0 Å². The molecule has 1 aliphatic heterocycles. The first-order valence-corrected chi connectivity index (χ1v) is 7.37. The first kappa shape index (κ1) is 12.1. The van der Waals surface area contributed by atoms with Crippen molar-refractivity contribution in [2.75, 3.05) is 16.8 Å². The number of nitrogens with one attached hydrogen (secondary N) is 1. The molecule has 1 aromatic rings. The molecule has 0 saturated carbocycles. The summed E-state index contributed by atoms with van der Waals surface area (Å²) in [6.45, 7) is 1.90. The van der Waals surface area contributed by atoms with Crippen LogP contribution in [0.5, 0.6) is 0 Å². The standard InChI is InChI=1S/C12H15NO3S/c1-9-4-2-3-5-11(9)13-12(14)10-6-7-17(15,16)8-10/h2-5,10H,6-8H2,1H3,(H,13,14)/t10-/m0/s1. The summed E-state index contributed by atoms with van der Waals surface area (Å²) in [7, 11) is -3.00. The predicted molar refractivity (Wildman–Crippen MR) is 66.6 cm³/mol. The van der Waals surface area contributed by atoms with E-state index in [2.05, 4.69) is 5.32 Å². The fourth-order valence-corrected chi connectivity index (χ4v) is 3.69. The monoisotopic (exact) mass is 253 g/mol. The van der Waals surface area contributed by atoms with Crippen LogP contribution in [0.3, 0.4) is 0 Å². The lowest BCUT2D eigenvalue weighted by atomic mass is 10.1. The molecule has 0 bridgehead atoms. The van der Waals surface area contributed by atoms with Crippen LogP contribution in [0.2, 0.25) is 0 Å². The van der Waals surface area contributed by atoms with E-state index in [0.717, 1.165) is 11.3 Å². The van der Waals surface area contributed by atoms with Gasteiger partial charge in [0.25, 0.3) is 0 Å². The van der Waals surface area contributed by atoms with Gasteiger partial charge in [0.15, 0.2) is 9.84 Å². The third kappa shape index (κ3) is 2.85. The van der Waals surface area contributed by atoms with Gasteiger partial charge in [-0.15, -0.1) is 0 Å². The second kappa shape index (κ2) is 4.49. The molecule has 0 unspecified atom stereocenters. The Kier molecular flexibility index (Phi) is 3.19. The number of benzene rings is 1. The Balaban J connectivity index is 2.06. The second-order valence-electron chi connectivity index (χ2n) is 4.40. The van der Waals surface area contributed by atoms with Crippen LogP contribution in [-0.2, 0) is 14.6 Å². The van der Waals surface area contributed by atoms with Gasteiger partial charge in [-0.05, 0) is 25.0 Å². The molecular formula is C12H15NO3S. The molecule has 1 heterocycles. The average molecular weight is 253 g/mol. The van der Waals surface area contributed by atoms with Gasteiger partial charge >= 0.3 is 0 Å². The van der Waals surface area contributed by atoms with Crippen LogP contribution in [0, 0.1) is 12.8 Å². The van der Waals surface area contributed by atoms with E-state index in [1.54, 1.807) is 0 Å². The highest BCUT2D eigenvalue weighted by Gasteiger charge is 2.32. The smallest absolute Gasteiger partial charge is 0.228 e. The summed E-state index contributed by atoms with van der Waals surface area (Å²) in [4.78, 5) is 11.9. The minimum atomic E-state index is -3.00. The molecule has 1 aromatic carbocycles. The summed E-state index contributed by atoms with van der Waals surface area (Å²) in [6, 6.07) is 7.46. The van der Waals surface area contributed by atoms with Crippen LogP contribution < -0.4 is 5.32 Å². The Hall–Kier alpha value is -1.36. The molecule has 1 N–H and O–H groups in total. The van der Waals surface area contributed by atoms with Crippen molar-refractivity contribution in [1.82, 2.24) is 0 Å². The fourth-order valence-electron chi connectivity index (χ4n) is 1.95. The van der Waals surface area contributed by atoms with Gasteiger partial charge < -0.3 is 5.32 Å². The van der Waals surface area contributed by atoms with E-state index in [0.29, 0.717) is 6.42 Å². The van der Waals surface area contributed by atoms with E-state index in [-0.39, 0.29) is 17.4 Å². The number of sulfone groups is 1. The van der Waals surface area contributed by atoms with Crippen LogP contribution in [0.25, 0.3) is 0 Å². The van der Waals surface area contributed by atoms with E-state index >= 15 is 0 Å². The van der Waals surface area contributed by atoms with E-state index in [1.165, 1.54) is 0 Å². The lowest BCUT2D eigenvalue weighted by Gasteiger charge is -2.11. The lowest BCUT2D eigenvalue weighted by molar-refractivity contribution is -0.119. The summed E-state index contributed by atoms with van der Waals surface area (Å²) in [5.41, 5.74) is 1.73. The van der Waals surface area contributed by atoms with E-state index in [9.17, 15) is 13.2 Å². The zero-order chi connectivity index (χ0) is 12.5. The van der Waals surface area contributed by atoms with Crippen molar-refractivity contribution in [3.63, 3.8) is 0 Å². The summed E-state index contributed by atoms with van der Waals surface area (Å²) in [5.74, 6) is -0.496. The maximum Gasteiger partial charge on any atom is 0.228 e. The number of para-hydroxylation sites is 1. The number of aryl methyl sites for hydroxylation is 1.